The van der Waals surface area contributed by atoms with Crippen molar-refractivity contribution in [3.63, 3.8) is 0 Å². The monoisotopic (exact) mass is 240 g/mol. The Bertz CT molecular complexity index is 569. The Morgan fingerprint density at radius 2 is 2.12 bits per heavy atom. The molecule has 4 N–H and O–H groups in total. The largest absolute Gasteiger partial charge is 0.411 e. The number of nitrogen functional groups attached to an aromatic ring is 1. The maximum atomic E-state index is 10.6. The van der Waals surface area contributed by atoms with Crippen LogP contribution in [0.4, 0.5) is 10.7 Å². The Labute approximate surface area is 93.6 Å². The van der Waals surface area contributed by atoms with E-state index in [9.17, 15) is 4.79 Å². The maximum absolute atomic E-state index is 10.6. The van der Waals surface area contributed by atoms with Crippen molar-refractivity contribution >= 4 is 34.7 Å². The van der Waals surface area contributed by atoms with Crippen molar-refractivity contribution < 1.29 is 9.53 Å². The van der Waals surface area contributed by atoms with Gasteiger partial charge in [0.05, 0.1) is 0 Å². The number of nitrogens with two attached hydrogens (primary N) is 2. The number of halogens is 1. The highest BCUT2D eigenvalue weighted by atomic mass is 35.5. The van der Waals surface area contributed by atoms with Crippen LogP contribution in [0.15, 0.2) is 6.07 Å². The minimum absolute atomic E-state index is 0.0280. The SMILES string of the molecule is NC(=O)Oc1nc(Cl)cc2nc(N)nnc12. The smallest absolute Gasteiger partial charge is 0.389 e. The van der Waals surface area contributed by atoms with Crippen molar-refractivity contribution in [3.05, 3.63) is 11.2 Å². The zero-order valence-electron chi connectivity index (χ0n) is 7.72. The zero-order valence-corrected chi connectivity index (χ0v) is 8.47. The van der Waals surface area contributed by atoms with Crippen LogP contribution in [0.1, 0.15) is 0 Å². The first-order valence-corrected chi connectivity index (χ1v) is 4.38. The van der Waals surface area contributed by atoms with Gasteiger partial charge in [-0.3, -0.25) is 0 Å². The van der Waals surface area contributed by atoms with Crippen molar-refractivity contribution in [2.24, 2.45) is 5.73 Å². The summed E-state index contributed by atoms with van der Waals surface area (Å²) in [5.74, 6) is -0.185. The van der Waals surface area contributed by atoms with Gasteiger partial charge in [-0.25, -0.2) is 9.78 Å². The fourth-order valence-corrected chi connectivity index (χ4v) is 1.25. The summed E-state index contributed by atoms with van der Waals surface area (Å²) in [6.07, 6.45) is -1.03. The molecule has 0 atom stereocenters. The van der Waals surface area contributed by atoms with Crippen molar-refractivity contribution in [3.8, 4) is 5.88 Å². The fraction of sp³-hybridized carbons (Fsp3) is 0. The number of aromatic nitrogens is 4. The first-order valence-electron chi connectivity index (χ1n) is 4.00. The third kappa shape index (κ3) is 1.91. The molecule has 9 heteroatoms. The number of ether oxygens (including phenoxy) is 1. The molecule has 16 heavy (non-hydrogen) atoms. The van der Waals surface area contributed by atoms with E-state index in [2.05, 4.69) is 24.9 Å². The summed E-state index contributed by atoms with van der Waals surface area (Å²) in [5.41, 5.74) is 10.7. The number of fused-ring (bicyclic) bond motifs is 1. The van der Waals surface area contributed by atoms with E-state index in [1.165, 1.54) is 6.07 Å². The van der Waals surface area contributed by atoms with Crippen molar-refractivity contribution in [1.29, 1.82) is 0 Å². The molecular weight excluding hydrogens is 236 g/mol. The van der Waals surface area contributed by atoms with Gasteiger partial charge in [-0.15, -0.1) is 10.2 Å². The number of carbonyl (C=O) groups excluding carboxylic acids is 1. The minimum atomic E-state index is -1.03. The molecule has 0 spiro atoms. The van der Waals surface area contributed by atoms with Crippen LogP contribution in [0.5, 0.6) is 5.88 Å². The number of pyridine rings is 1. The van der Waals surface area contributed by atoms with Crippen LogP contribution in [0.3, 0.4) is 0 Å². The maximum Gasteiger partial charge on any atom is 0.411 e. The zero-order chi connectivity index (χ0) is 11.7. The Hall–Kier alpha value is -2.22. The topological polar surface area (TPSA) is 130 Å². The number of hydrogen-bond acceptors (Lipinski definition) is 7. The van der Waals surface area contributed by atoms with Gasteiger partial charge in [0.2, 0.25) is 5.95 Å². The van der Waals surface area contributed by atoms with Crippen LogP contribution in [0.2, 0.25) is 5.15 Å². The van der Waals surface area contributed by atoms with Crippen LogP contribution in [-0.2, 0) is 0 Å². The molecule has 2 aromatic heterocycles. The van der Waals surface area contributed by atoms with Crippen LogP contribution in [0, 0.1) is 0 Å². The van der Waals surface area contributed by atoms with Gasteiger partial charge < -0.3 is 16.2 Å². The van der Waals surface area contributed by atoms with Gasteiger partial charge in [0, 0.05) is 6.07 Å². The molecule has 0 radical (unpaired) electrons. The van der Waals surface area contributed by atoms with E-state index >= 15 is 0 Å². The number of nitrogens with zero attached hydrogens (tertiary/aromatic N) is 4. The van der Waals surface area contributed by atoms with Gasteiger partial charge in [-0.1, -0.05) is 11.6 Å². The second-order valence-corrected chi connectivity index (χ2v) is 3.10. The average Bonchev–Trinajstić information content (AvgIpc) is 2.15. The lowest BCUT2D eigenvalue weighted by molar-refractivity contribution is 0.209. The van der Waals surface area contributed by atoms with E-state index in [4.69, 9.17) is 23.1 Å². The normalized spacial score (nSPS) is 10.3. The second kappa shape index (κ2) is 3.74. The van der Waals surface area contributed by atoms with Gasteiger partial charge in [-0.2, -0.15) is 4.98 Å². The third-order valence-electron chi connectivity index (χ3n) is 1.59. The number of amides is 1. The van der Waals surface area contributed by atoms with Gasteiger partial charge >= 0.3 is 6.09 Å². The van der Waals surface area contributed by atoms with Gasteiger partial charge in [0.1, 0.15) is 10.7 Å². The third-order valence-corrected chi connectivity index (χ3v) is 1.79. The molecular formula is C7H5ClN6O2. The van der Waals surface area contributed by atoms with E-state index < -0.39 is 6.09 Å². The van der Waals surface area contributed by atoms with Gasteiger partial charge in [0.15, 0.2) is 5.52 Å². The highest BCUT2D eigenvalue weighted by molar-refractivity contribution is 6.30. The minimum Gasteiger partial charge on any atom is -0.389 e. The van der Waals surface area contributed by atoms with E-state index in [-0.39, 0.29) is 22.5 Å². The summed E-state index contributed by atoms with van der Waals surface area (Å²) < 4.78 is 4.61. The highest BCUT2D eigenvalue weighted by Gasteiger charge is 2.12. The predicted molar refractivity (Wildman–Crippen MR) is 54.8 cm³/mol. The Morgan fingerprint density at radius 3 is 2.81 bits per heavy atom. The van der Waals surface area contributed by atoms with E-state index in [1.54, 1.807) is 0 Å². The summed E-state index contributed by atoms with van der Waals surface area (Å²) in [7, 11) is 0. The van der Waals surface area contributed by atoms with Crippen LogP contribution < -0.4 is 16.2 Å². The molecule has 1 amide bonds. The average molecular weight is 241 g/mol. The number of anilines is 1. The van der Waals surface area contributed by atoms with E-state index in [0.717, 1.165) is 0 Å². The molecule has 0 aliphatic carbocycles. The molecule has 0 bridgehead atoms. The number of primary amides is 1. The summed E-state index contributed by atoms with van der Waals surface area (Å²) in [6, 6.07) is 1.41. The molecule has 0 fully saturated rings. The summed E-state index contributed by atoms with van der Waals surface area (Å²) in [4.78, 5) is 18.2. The standard InChI is InChI=1S/C7H5ClN6O2/c8-3-1-2-4(13-14-6(9)11-2)5(12-3)16-7(10)15/h1H,(H2,10,15)(H2,9,11,14). The van der Waals surface area contributed by atoms with Crippen LogP contribution >= 0.6 is 11.6 Å². The highest BCUT2D eigenvalue weighted by Crippen LogP contribution is 2.23. The van der Waals surface area contributed by atoms with E-state index in [1.807, 2.05) is 0 Å². The fourth-order valence-electron chi connectivity index (χ4n) is 1.07. The Kier molecular flexibility index (Phi) is 2.41. The molecule has 0 saturated carbocycles. The van der Waals surface area contributed by atoms with Gasteiger partial charge in [0.25, 0.3) is 5.88 Å². The lowest BCUT2D eigenvalue weighted by Crippen LogP contribution is -2.17. The van der Waals surface area contributed by atoms with Crippen molar-refractivity contribution in [2.45, 2.75) is 0 Å². The molecule has 0 aliphatic rings. The molecule has 8 nitrogen and oxygen atoms in total. The molecule has 82 valence electrons. The van der Waals surface area contributed by atoms with E-state index in [0.29, 0.717) is 5.52 Å². The molecule has 0 saturated heterocycles. The second-order valence-electron chi connectivity index (χ2n) is 2.71. The molecule has 2 heterocycles. The predicted octanol–water partition coefficient (Wildman–Crippen LogP) is 0.113. The molecule has 0 aliphatic heterocycles. The number of carbonyl (C=O) groups is 1. The van der Waals surface area contributed by atoms with Crippen LogP contribution in [0.25, 0.3) is 11.0 Å². The summed E-state index contributed by atoms with van der Waals surface area (Å²) >= 11 is 5.69. The Morgan fingerprint density at radius 1 is 1.38 bits per heavy atom. The molecule has 0 aromatic carbocycles. The van der Waals surface area contributed by atoms with Gasteiger partial charge in [-0.05, 0) is 0 Å². The lowest BCUT2D eigenvalue weighted by Gasteiger charge is -2.03. The van der Waals surface area contributed by atoms with Crippen molar-refractivity contribution in [2.75, 3.05) is 5.73 Å². The first-order chi connectivity index (χ1) is 7.56. The first kappa shape index (κ1) is 10.3. The Balaban J connectivity index is 2.67. The quantitative estimate of drug-likeness (QED) is 0.677. The molecule has 0 unspecified atom stereocenters. The molecule has 2 aromatic rings. The van der Waals surface area contributed by atoms with Crippen LogP contribution in [-0.4, -0.2) is 26.3 Å². The number of rotatable bonds is 1. The summed E-state index contributed by atoms with van der Waals surface area (Å²) in [6.45, 7) is 0. The van der Waals surface area contributed by atoms with Crippen molar-refractivity contribution in [1.82, 2.24) is 20.2 Å². The number of hydrogen-bond donors (Lipinski definition) is 2. The summed E-state index contributed by atoms with van der Waals surface area (Å²) in [5, 5.41) is 7.26. The lowest BCUT2D eigenvalue weighted by atomic mass is 10.4. The molecule has 2 rings (SSSR count).